The van der Waals surface area contributed by atoms with Gasteiger partial charge in [0.15, 0.2) is 0 Å². The second-order valence-electron chi connectivity index (χ2n) is 7.33. The molecule has 2 aromatic carbocycles. The van der Waals surface area contributed by atoms with Crippen molar-refractivity contribution in [2.24, 2.45) is 5.73 Å². The van der Waals surface area contributed by atoms with Crippen molar-refractivity contribution in [2.45, 2.75) is 17.9 Å². The Hall–Kier alpha value is -3.01. The van der Waals surface area contributed by atoms with Crippen molar-refractivity contribution >= 4 is 26.8 Å². The normalized spacial score (nSPS) is 17.5. The van der Waals surface area contributed by atoms with Crippen LogP contribution < -0.4 is 10.5 Å². The fraction of sp³-hybridized carbons (Fsp3) is 0.273. The Labute approximate surface area is 180 Å². The summed E-state index contributed by atoms with van der Waals surface area (Å²) in [6, 6.07) is 13.5. The highest BCUT2D eigenvalue weighted by Gasteiger charge is 2.33. The Balaban J connectivity index is 1.67. The van der Waals surface area contributed by atoms with Gasteiger partial charge in [-0.05, 0) is 42.8 Å². The van der Waals surface area contributed by atoms with Gasteiger partial charge in [0.2, 0.25) is 15.9 Å². The standard InChI is InChI=1S/C22H23N3O5S/c1-14-11-15(7-8-20(14)29-2)31(27,28)25-9-10-30-21(13-25)19-12-17(22(23)26)16-5-3-4-6-18(16)24-19/h3-8,11-12,21H,9-10,13H2,1-2H3,(H2,23,26)/t21-/m0/s1. The number of fused-ring (bicyclic) bond motifs is 1. The number of amides is 1. The lowest BCUT2D eigenvalue weighted by Gasteiger charge is -2.32. The fourth-order valence-electron chi connectivity index (χ4n) is 3.75. The molecule has 4 rings (SSSR count). The summed E-state index contributed by atoms with van der Waals surface area (Å²) in [4.78, 5) is 16.8. The minimum absolute atomic E-state index is 0.0803. The molecule has 1 aromatic heterocycles. The number of rotatable bonds is 5. The summed E-state index contributed by atoms with van der Waals surface area (Å²) < 4.78 is 38.9. The first-order chi connectivity index (χ1) is 14.8. The summed E-state index contributed by atoms with van der Waals surface area (Å²) in [5, 5.41) is 0.646. The molecule has 8 nitrogen and oxygen atoms in total. The zero-order chi connectivity index (χ0) is 22.2. The summed E-state index contributed by atoms with van der Waals surface area (Å²) in [6.45, 7) is 2.31. The number of ether oxygens (including phenoxy) is 2. The number of sulfonamides is 1. The van der Waals surface area contributed by atoms with Gasteiger partial charge >= 0.3 is 0 Å². The highest BCUT2D eigenvalue weighted by atomic mass is 32.2. The SMILES string of the molecule is COc1ccc(S(=O)(=O)N2CCO[C@H](c3cc(C(N)=O)c4ccccc4n3)C2)cc1C. The monoisotopic (exact) mass is 441 g/mol. The van der Waals surface area contributed by atoms with Crippen molar-refractivity contribution in [2.75, 3.05) is 26.8 Å². The van der Waals surface area contributed by atoms with Crippen LogP contribution in [0, 0.1) is 6.92 Å². The molecule has 31 heavy (non-hydrogen) atoms. The van der Waals surface area contributed by atoms with Gasteiger partial charge in [-0.3, -0.25) is 4.79 Å². The highest BCUT2D eigenvalue weighted by Crippen LogP contribution is 2.30. The summed E-state index contributed by atoms with van der Waals surface area (Å²) in [6.07, 6.45) is -0.620. The van der Waals surface area contributed by atoms with E-state index >= 15 is 0 Å². The molecule has 1 fully saturated rings. The first-order valence-corrected chi connectivity index (χ1v) is 11.2. The van der Waals surface area contributed by atoms with Gasteiger partial charge in [0.05, 0.1) is 35.4 Å². The summed E-state index contributed by atoms with van der Waals surface area (Å²) in [5.74, 6) is 0.0481. The molecule has 0 spiro atoms. The van der Waals surface area contributed by atoms with Gasteiger partial charge in [-0.1, -0.05) is 18.2 Å². The number of benzene rings is 2. The summed E-state index contributed by atoms with van der Waals surface area (Å²) in [5.41, 5.74) is 7.70. The Bertz CT molecular complexity index is 1260. The number of primary amides is 1. The Morgan fingerprint density at radius 3 is 2.71 bits per heavy atom. The van der Waals surface area contributed by atoms with Crippen LogP contribution in [-0.4, -0.2) is 50.4 Å². The molecule has 1 saturated heterocycles. The average Bonchev–Trinajstić information content (AvgIpc) is 2.78. The number of methoxy groups -OCH3 is 1. The quantitative estimate of drug-likeness (QED) is 0.651. The average molecular weight is 442 g/mol. The van der Waals surface area contributed by atoms with Gasteiger partial charge in [0.1, 0.15) is 11.9 Å². The molecular formula is C22H23N3O5S. The number of hydrogen-bond acceptors (Lipinski definition) is 6. The second kappa shape index (κ2) is 8.26. The van der Waals surface area contributed by atoms with E-state index in [1.165, 1.54) is 10.4 Å². The van der Waals surface area contributed by atoms with Crippen LogP contribution in [0.5, 0.6) is 5.75 Å². The van der Waals surface area contributed by atoms with Gasteiger partial charge < -0.3 is 15.2 Å². The molecule has 1 aliphatic heterocycles. The topological polar surface area (TPSA) is 112 Å². The highest BCUT2D eigenvalue weighted by molar-refractivity contribution is 7.89. The van der Waals surface area contributed by atoms with Crippen LogP contribution >= 0.6 is 0 Å². The maximum atomic E-state index is 13.2. The van der Waals surface area contributed by atoms with Crippen LogP contribution in [0.4, 0.5) is 0 Å². The van der Waals surface area contributed by atoms with Crippen LogP contribution in [-0.2, 0) is 14.8 Å². The molecule has 0 radical (unpaired) electrons. The molecule has 1 amide bonds. The minimum Gasteiger partial charge on any atom is -0.496 e. The molecule has 0 aliphatic carbocycles. The number of hydrogen-bond donors (Lipinski definition) is 1. The van der Waals surface area contributed by atoms with Crippen molar-refractivity contribution in [3.8, 4) is 5.75 Å². The number of nitrogens with two attached hydrogens (primary N) is 1. The zero-order valence-electron chi connectivity index (χ0n) is 17.2. The summed E-state index contributed by atoms with van der Waals surface area (Å²) in [7, 11) is -2.20. The maximum Gasteiger partial charge on any atom is 0.249 e. The molecular weight excluding hydrogens is 418 g/mol. The predicted molar refractivity (Wildman–Crippen MR) is 115 cm³/mol. The predicted octanol–water partition coefficient (Wildman–Crippen LogP) is 2.41. The van der Waals surface area contributed by atoms with E-state index in [4.69, 9.17) is 15.2 Å². The van der Waals surface area contributed by atoms with Gasteiger partial charge in [0, 0.05) is 18.5 Å². The van der Waals surface area contributed by atoms with Gasteiger partial charge in [-0.15, -0.1) is 0 Å². The van der Waals surface area contributed by atoms with E-state index < -0.39 is 22.0 Å². The van der Waals surface area contributed by atoms with E-state index in [1.807, 2.05) is 6.07 Å². The third-order valence-corrected chi connectivity index (χ3v) is 7.23. The van der Waals surface area contributed by atoms with E-state index in [9.17, 15) is 13.2 Å². The van der Waals surface area contributed by atoms with Crippen LogP contribution in [0.15, 0.2) is 53.4 Å². The van der Waals surface area contributed by atoms with E-state index in [0.29, 0.717) is 27.9 Å². The number of carbonyl (C=O) groups excluding carboxylic acids is 1. The van der Waals surface area contributed by atoms with Crippen molar-refractivity contribution in [1.82, 2.24) is 9.29 Å². The van der Waals surface area contributed by atoms with Crippen LogP contribution in [0.25, 0.3) is 10.9 Å². The number of nitrogens with zero attached hydrogens (tertiary/aromatic N) is 2. The third-order valence-electron chi connectivity index (χ3n) is 5.36. The molecule has 2 N–H and O–H groups in total. The minimum atomic E-state index is -3.74. The number of aryl methyl sites for hydroxylation is 1. The largest absolute Gasteiger partial charge is 0.496 e. The first-order valence-electron chi connectivity index (χ1n) is 9.77. The van der Waals surface area contributed by atoms with Crippen molar-refractivity contribution in [1.29, 1.82) is 0 Å². The molecule has 0 saturated carbocycles. The van der Waals surface area contributed by atoms with Gasteiger partial charge in [-0.2, -0.15) is 4.31 Å². The van der Waals surface area contributed by atoms with Crippen LogP contribution in [0.2, 0.25) is 0 Å². The van der Waals surface area contributed by atoms with Crippen molar-refractivity contribution in [3.63, 3.8) is 0 Å². The van der Waals surface area contributed by atoms with E-state index in [2.05, 4.69) is 4.98 Å². The Morgan fingerprint density at radius 2 is 2.00 bits per heavy atom. The zero-order valence-corrected chi connectivity index (χ0v) is 18.1. The van der Waals surface area contributed by atoms with Crippen molar-refractivity contribution in [3.05, 3.63) is 65.4 Å². The number of pyridine rings is 1. The molecule has 2 heterocycles. The fourth-order valence-corrected chi connectivity index (χ4v) is 5.26. The molecule has 3 aromatic rings. The van der Waals surface area contributed by atoms with E-state index in [1.54, 1.807) is 50.4 Å². The third kappa shape index (κ3) is 3.99. The van der Waals surface area contributed by atoms with E-state index in [-0.39, 0.29) is 24.6 Å². The second-order valence-corrected chi connectivity index (χ2v) is 9.27. The van der Waals surface area contributed by atoms with E-state index in [0.717, 1.165) is 5.56 Å². The molecule has 0 bridgehead atoms. The number of para-hydroxylation sites is 1. The number of morpholine rings is 1. The molecule has 1 aliphatic rings. The smallest absolute Gasteiger partial charge is 0.249 e. The maximum absolute atomic E-state index is 13.2. The molecule has 1 atom stereocenters. The van der Waals surface area contributed by atoms with Crippen LogP contribution in [0.3, 0.4) is 0 Å². The number of carbonyl (C=O) groups is 1. The van der Waals surface area contributed by atoms with Gasteiger partial charge in [0.25, 0.3) is 0 Å². The first kappa shape index (κ1) is 21.2. The lowest BCUT2D eigenvalue weighted by atomic mass is 10.0. The molecule has 0 unspecified atom stereocenters. The van der Waals surface area contributed by atoms with Gasteiger partial charge in [-0.25, -0.2) is 13.4 Å². The lowest BCUT2D eigenvalue weighted by Crippen LogP contribution is -2.42. The molecule has 162 valence electrons. The summed E-state index contributed by atoms with van der Waals surface area (Å²) >= 11 is 0. The van der Waals surface area contributed by atoms with Crippen LogP contribution in [0.1, 0.15) is 27.7 Å². The van der Waals surface area contributed by atoms with Crippen molar-refractivity contribution < 1.29 is 22.7 Å². The number of aromatic nitrogens is 1. The Kier molecular flexibility index (Phi) is 5.65. The lowest BCUT2D eigenvalue weighted by molar-refractivity contribution is -0.00479. The Morgan fingerprint density at radius 1 is 1.23 bits per heavy atom. The molecule has 9 heteroatoms.